The van der Waals surface area contributed by atoms with Crippen molar-refractivity contribution in [2.24, 2.45) is 5.92 Å². The third kappa shape index (κ3) is 2.25. The van der Waals surface area contributed by atoms with Gasteiger partial charge in [0.15, 0.2) is 5.11 Å². The zero-order valence-electron chi connectivity index (χ0n) is 10.9. The second-order valence-electron chi connectivity index (χ2n) is 4.83. The molecule has 2 atom stereocenters. The Morgan fingerprint density at radius 2 is 2.22 bits per heavy atom. The zero-order chi connectivity index (χ0) is 13.3. The number of nitrogens with one attached hydrogen (secondary N) is 1. The topological polar surface area (TPSA) is 32.3 Å². The summed E-state index contributed by atoms with van der Waals surface area (Å²) in [7, 11) is 0. The van der Waals surface area contributed by atoms with Gasteiger partial charge in [-0.05, 0) is 42.8 Å². The summed E-state index contributed by atoms with van der Waals surface area (Å²) in [6.45, 7) is 6.16. The van der Waals surface area contributed by atoms with Crippen LogP contribution in [0.1, 0.15) is 25.8 Å². The molecule has 3 nitrogen and oxygen atoms in total. The van der Waals surface area contributed by atoms with Gasteiger partial charge in [0.1, 0.15) is 6.04 Å². The van der Waals surface area contributed by atoms with Crippen LogP contribution in [-0.4, -0.2) is 17.1 Å². The van der Waals surface area contributed by atoms with Gasteiger partial charge in [-0.3, -0.25) is 9.69 Å². The summed E-state index contributed by atoms with van der Waals surface area (Å²) in [6.07, 6.45) is 0.952. The van der Waals surface area contributed by atoms with Crippen molar-refractivity contribution in [2.75, 3.05) is 4.90 Å². The van der Waals surface area contributed by atoms with Gasteiger partial charge in [-0.1, -0.05) is 32.4 Å². The first-order chi connectivity index (χ1) is 8.54. The number of carbonyl (C=O) groups excluding carboxylic acids is 1. The Labute approximate surface area is 113 Å². The van der Waals surface area contributed by atoms with Gasteiger partial charge in [-0.2, -0.15) is 0 Å². The quantitative estimate of drug-likeness (QED) is 0.850. The van der Waals surface area contributed by atoms with Gasteiger partial charge in [0.2, 0.25) is 0 Å². The first-order valence-electron chi connectivity index (χ1n) is 6.25. The van der Waals surface area contributed by atoms with Crippen LogP contribution in [-0.2, 0) is 4.79 Å². The highest BCUT2D eigenvalue weighted by Gasteiger charge is 2.38. The van der Waals surface area contributed by atoms with E-state index in [1.54, 1.807) is 4.90 Å². The number of nitrogens with zero attached hydrogens (tertiary/aromatic N) is 1. The van der Waals surface area contributed by atoms with Gasteiger partial charge in [0.05, 0.1) is 5.69 Å². The highest BCUT2D eigenvalue weighted by atomic mass is 32.1. The standard InChI is InChI=1S/C14H18N2OS/c1-4-10(3)12-13(17)16(14(18)15-12)11-7-5-6-9(2)8-11/h5-8,10,12H,4H2,1-3H3,(H,15,18)/t10-,12-/m0/s1. The van der Waals surface area contributed by atoms with E-state index in [4.69, 9.17) is 12.2 Å². The second kappa shape index (κ2) is 5.06. The zero-order valence-corrected chi connectivity index (χ0v) is 11.8. The van der Waals surface area contributed by atoms with Gasteiger partial charge in [-0.25, -0.2) is 0 Å². The van der Waals surface area contributed by atoms with E-state index < -0.39 is 0 Å². The smallest absolute Gasteiger partial charge is 0.256 e. The van der Waals surface area contributed by atoms with Crippen molar-refractivity contribution >= 4 is 28.9 Å². The fourth-order valence-electron chi connectivity index (χ4n) is 2.13. The van der Waals surface area contributed by atoms with Gasteiger partial charge in [-0.15, -0.1) is 0 Å². The van der Waals surface area contributed by atoms with Crippen LogP contribution in [0.5, 0.6) is 0 Å². The van der Waals surface area contributed by atoms with Crippen molar-refractivity contribution in [1.29, 1.82) is 0 Å². The molecule has 1 fully saturated rings. The molecule has 1 aliphatic heterocycles. The van der Waals surface area contributed by atoms with Crippen molar-refractivity contribution in [1.82, 2.24) is 5.32 Å². The number of benzene rings is 1. The fourth-order valence-corrected chi connectivity index (χ4v) is 2.45. The summed E-state index contributed by atoms with van der Waals surface area (Å²) in [5.41, 5.74) is 1.97. The molecule has 18 heavy (non-hydrogen) atoms. The van der Waals surface area contributed by atoms with Crippen LogP contribution in [0, 0.1) is 12.8 Å². The minimum atomic E-state index is -0.192. The molecule has 0 radical (unpaired) electrons. The molecule has 1 aromatic rings. The number of carbonyl (C=O) groups is 1. The lowest BCUT2D eigenvalue weighted by atomic mass is 9.99. The molecule has 0 bridgehead atoms. The normalized spacial score (nSPS) is 21.1. The third-order valence-corrected chi connectivity index (χ3v) is 3.74. The molecule has 1 heterocycles. The van der Waals surface area contributed by atoms with Crippen LogP contribution in [0.15, 0.2) is 24.3 Å². The van der Waals surface area contributed by atoms with Gasteiger partial charge < -0.3 is 5.32 Å². The Kier molecular flexibility index (Phi) is 3.66. The van der Waals surface area contributed by atoms with Crippen LogP contribution < -0.4 is 10.2 Å². The van der Waals surface area contributed by atoms with Crippen molar-refractivity contribution in [3.05, 3.63) is 29.8 Å². The predicted molar refractivity (Wildman–Crippen MR) is 77.6 cm³/mol. The number of amides is 1. The van der Waals surface area contributed by atoms with Crippen LogP contribution in [0.2, 0.25) is 0 Å². The molecule has 1 saturated heterocycles. The monoisotopic (exact) mass is 262 g/mol. The van der Waals surface area contributed by atoms with Crippen LogP contribution in [0.4, 0.5) is 5.69 Å². The molecule has 1 aliphatic rings. The summed E-state index contributed by atoms with van der Waals surface area (Å²) in [4.78, 5) is 14.0. The average Bonchev–Trinajstić information content (AvgIpc) is 2.64. The van der Waals surface area contributed by atoms with E-state index in [0.29, 0.717) is 5.11 Å². The van der Waals surface area contributed by atoms with Crippen molar-refractivity contribution in [3.63, 3.8) is 0 Å². The lowest BCUT2D eigenvalue weighted by Gasteiger charge is -2.17. The molecule has 0 unspecified atom stereocenters. The summed E-state index contributed by atoms with van der Waals surface area (Å²) < 4.78 is 0. The summed E-state index contributed by atoms with van der Waals surface area (Å²) >= 11 is 5.28. The van der Waals surface area contributed by atoms with Crippen molar-refractivity contribution < 1.29 is 4.79 Å². The Bertz CT molecular complexity index is 486. The first-order valence-corrected chi connectivity index (χ1v) is 6.66. The number of anilines is 1. The van der Waals surface area contributed by atoms with Gasteiger partial charge in [0.25, 0.3) is 5.91 Å². The Morgan fingerprint density at radius 3 is 2.83 bits per heavy atom. The summed E-state index contributed by atoms with van der Waals surface area (Å²) in [5.74, 6) is 0.338. The molecular weight excluding hydrogens is 244 g/mol. The Hall–Kier alpha value is -1.42. The van der Waals surface area contributed by atoms with E-state index >= 15 is 0 Å². The molecule has 1 N–H and O–H groups in total. The molecule has 4 heteroatoms. The van der Waals surface area contributed by atoms with Crippen LogP contribution in [0.3, 0.4) is 0 Å². The molecule has 96 valence electrons. The van der Waals surface area contributed by atoms with Crippen molar-refractivity contribution in [2.45, 2.75) is 33.2 Å². The van der Waals surface area contributed by atoms with E-state index in [9.17, 15) is 4.79 Å². The Morgan fingerprint density at radius 1 is 1.50 bits per heavy atom. The fraction of sp³-hybridized carbons (Fsp3) is 0.429. The highest BCUT2D eigenvalue weighted by molar-refractivity contribution is 7.80. The van der Waals surface area contributed by atoms with E-state index in [1.165, 1.54) is 0 Å². The average molecular weight is 262 g/mol. The Balaban J connectivity index is 2.30. The first kappa shape index (κ1) is 13.0. The second-order valence-corrected chi connectivity index (χ2v) is 5.21. The van der Waals surface area contributed by atoms with Crippen LogP contribution >= 0.6 is 12.2 Å². The number of hydrogen-bond donors (Lipinski definition) is 1. The SMILES string of the molecule is CC[C@H](C)[C@@H]1NC(=S)N(c2cccc(C)c2)C1=O. The molecular formula is C14H18N2OS. The van der Waals surface area contributed by atoms with E-state index in [0.717, 1.165) is 17.7 Å². The largest absolute Gasteiger partial charge is 0.350 e. The maximum Gasteiger partial charge on any atom is 0.256 e. The molecule has 2 rings (SSSR count). The third-order valence-electron chi connectivity index (χ3n) is 3.44. The van der Waals surface area contributed by atoms with E-state index in [-0.39, 0.29) is 17.9 Å². The minimum Gasteiger partial charge on any atom is -0.350 e. The van der Waals surface area contributed by atoms with Crippen LogP contribution in [0.25, 0.3) is 0 Å². The number of rotatable bonds is 3. The lowest BCUT2D eigenvalue weighted by molar-refractivity contribution is -0.119. The molecule has 1 amide bonds. The minimum absolute atomic E-state index is 0.0555. The molecule has 0 aromatic heterocycles. The van der Waals surface area contributed by atoms with Gasteiger partial charge >= 0.3 is 0 Å². The van der Waals surface area contributed by atoms with Crippen molar-refractivity contribution in [3.8, 4) is 0 Å². The molecule has 0 spiro atoms. The number of aryl methyl sites for hydroxylation is 1. The summed E-state index contributed by atoms with van der Waals surface area (Å²) in [5, 5.41) is 3.64. The highest BCUT2D eigenvalue weighted by Crippen LogP contribution is 2.24. The predicted octanol–water partition coefficient (Wildman–Crippen LogP) is 2.63. The van der Waals surface area contributed by atoms with E-state index in [1.807, 2.05) is 31.2 Å². The van der Waals surface area contributed by atoms with Gasteiger partial charge in [0, 0.05) is 0 Å². The van der Waals surface area contributed by atoms with E-state index in [2.05, 4.69) is 19.2 Å². The number of hydrogen-bond acceptors (Lipinski definition) is 2. The lowest BCUT2D eigenvalue weighted by Crippen LogP contribution is -2.35. The summed E-state index contributed by atoms with van der Waals surface area (Å²) in [6, 6.07) is 7.65. The molecule has 1 aromatic carbocycles. The maximum atomic E-state index is 12.4. The molecule has 0 aliphatic carbocycles. The number of thiocarbonyl (C=S) groups is 1. The maximum absolute atomic E-state index is 12.4. The molecule has 0 saturated carbocycles.